The lowest BCUT2D eigenvalue weighted by Crippen LogP contribution is -2.29. The summed E-state index contributed by atoms with van der Waals surface area (Å²) >= 11 is 0. The average molecular weight is 243 g/mol. The maximum Gasteiger partial charge on any atom is 0.263 e. The second kappa shape index (κ2) is 3.84. The van der Waals surface area contributed by atoms with Gasteiger partial charge in [-0.3, -0.25) is 0 Å². The molecule has 2 aromatic heterocycles. The standard InChI is InChI=1S/C14H10FNO2/c1-9-2-7-13-12(16(9)17)8-14(18-13)10-3-5-11(15)6-4-10/h2-8H,1H3. The number of rotatable bonds is 1. The summed E-state index contributed by atoms with van der Waals surface area (Å²) in [7, 11) is 0. The van der Waals surface area contributed by atoms with E-state index in [2.05, 4.69) is 0 Å². The van der Waals surface area contributed by atoms with Crippen LogP contribution in [0, 0.1) is 17.9 Å². The summed E-state index contributed by atoms with van der Waals surface area (Å²) in [5, 5.41) is 11.8. The van der Waals surface area contributed by atoms with Crippen LogP contribution in [0.25, 0.3) is 22.4 Å². The third-order valence-electron chi connectivity index (χ3n) is 2.88. The monoisotopic (exact) mass is 243 g/mol. The molecule has 0 saturated carbocycles. The summed E-state index contributed by atoms with van der Waals surface area (Å²) in [6.45, 7) is 1.73. The number of furan rings is 1. The highest BCUT2D eigenvalue weighted by Gasteiger charge is 2.14. The van der Waals surface area contributed by atoms with Gasteiger partial charge in [0.1, 0.15) is 11.6 Å². The van der Waals surface area contributed by atoms with Crippen LogP contribution in [0.3, 0.4) is 0 Å². The molecule has 0 spiro atoms. The van der Waals surface area contributed by atoms with Crippen LogP contribution in [0.2, 0.25) is 0 Å². The molecule has 0 aliphatic heterocycles. The molecule has 2 heterocycles. The molecule has 0 fully saturated rings. The van der Waals surface area contributed by atoms with Gasteiger partial charge in [0.25, 0.3) is 5.52 Å². The van der Waals surface area contributed by atoms with E-state index in [0.717, 1.165) is 10.3 Å². The van der Waals surface area contributed by atoms with Gasteiger partial charge in [-0.25, -0.2) is 4.39 Å². The molecule has 3 rings (SSSR count). The van der Waals surface area contributed by atoms with Gasteiger partial charge in [-0.05, 0) is 30.3 Å². The number of halogens is 1. The Morgan fingerprint density at radius 2 is 1.83 bits per heavy atom. The van der Waals surface area contributed by atoms with Crippen molar-refractivity contribution in [1.29, 1.82) is 0 Å². The van der Waals surface area contributed by atoms with Gasteiger partial charge in [0.2, 0.25) is 0 Å². The molecule has 3 nitrogen and oxygen atoms in total. The fourth-order valence-electron chi connectivity index (χ4n) is 1.88. The first-order valence-electron chi connectivity index (χ1n) is 5.54. The minimum atomic E-state index is -0.301. The van der Waals surface area contributed by atoms with Crippen LogP contribution in [0.1, 0.15) is 5.69 Å². The van der Waals surface area contributed by atoms with Crippen molar-refractivity contribution < 1.29 is 13.5 Å². The Morgan fingerprint density at radius 1 is 1.11 bits per heavy atom. The van der Waals surface area contributed by atoms with Crippen molar-refractivity contribution in [1.82, 2.24) is 0 Å². The molecular weight excluding hydrogens is 233 g/mol. The zero-order valence-electron chi connectivity index (χ0n) is 9.68. The van der Waals surface area contributed by atoms with Gasteiger partial charge in [0, 0.05) is 18.6 Å². The van der Waals surface area contributed by atoms with E-state index in [1.165, 1.54) is 12.1 Å². The van der Waals surface area contributed by atoms with Crippen molar-refractivity contribution >= 4 is 11.1 Å². The van der Waals surface area contributed by atoms with Crippen LogP contribution in [0.4, 0.5) is 4.39 Å². The average Bonchev–Trinajstić information content (AvgIpc) is 2.80. The lowest BCUT2D eigenvalue weighted by molar-refractivity contribution is -0.584. The number of hydrogen-bond acceptors (Lipinski definition) is 2. The van der Waals surface area contributed by atoms with Gasteiger partial charge < -0.3 is 9.62 Å². The van der Waals surface area contributed by atoms with Gasteiger partial charge >= 0.3 is 0 Å². The number of fused-ring (bicyclic) bond motifs is 1. The summed E-state index contributed by atoms with van der Waals surface area (Å²) in [4.78, 5) is 0. The van der Waals surface area contributed by atoms with Crippen molar-refractivity contribution in [3.8, 4) is 11.3 Å². The van der Waals surface area contributed by atoms with Crippen molar-refractivity contribution in [3.05, 3.63) is 59.2 Å². The van der Waals surface area contributed by atoms with Crippen molar-refractivity contribution in [2.75, 3.05) is 0 Å². The first-order chi connectivity index (χ1) is 8.65. The molecule has 0 aliphatic carbocycles. The highest BCUT2D eigenvalue weighted by atomic mass is 19.1. The summed E-state index contributed by atoms with van der Waals surface area (Å²) in [6, 6.07) is 11.1. The topological polar surface area (TPSA) is 40.1 Å². The van der Waals surface area contributed by atoms with E-state index in [4.69, 9.17) is 4.42 Å². The molecule has 0 unspecified atom stereocenters. The summed E-state index contributed by atoms with van der Waals surface area (Å²) in [5.74, 6) is 0.254. The number of aromatic nitrogens is 1. The third-order valence-corrected chi connectivity index (χ3v) is 2.88. The van der Waals surface area contributed by atoms with E-state index in [0.29, 0.717) is 22.6 Å². The number of hydrogen-bond donors (Lipinski definition) is 0. The fraction of sp³-hybridized carbons (Fsp3) is 0.0714. The largest absolute Gasteiger partial charge is 0.618 e. The molecule has 3 aromatic rings. The van der Waals surface area contributed by atoms with E-state index in [1.807, 2.05) is 0 Å². The van der Waals surface area contributed by atoms with E-state index < -0.39 is 0 Å². The highest BCUT2D eigenvalue weighted by molar-refractivity contribution is 5.76. The Morgan fingerprint density at radius 3 is 2.56 bits per heavy atom. The van der Waals surface area contributed by atoms with Crippen LogP contribution < -0.4 is 4.73 Å². The predicted octanol–water partition coefficient (Wildman–Crippen LogP) is 3.18. The van der Waals surface area contributed by atoms with Gasteiger partial charge in [-0.15, -0.1) is 0 Å². The predicted molar refractivity (Wildman–Crippen MR) is 65.3 cm³/mol. The van der Waals surface area contributed by atoms with Gasteiger partial charge in [-0.2, -0.15) is 4.73 Å². The Hall–Kier alpha value is -2.36. The SMILES string of the molecule is Cc1ccc2oc(-c3ccc(F)cc3)cc2[n+]1[O-]. The molecule has 0 N–H and O–H groups in total. The van der Waals surface area contributed by atoms with Crippen LogP contribution in [0.5, 0.6) is 0 Å². The van der Waals surface area contributed by atoms with Crippen LogP contribution in [0.15, 0.2) is 46.9 Å². The molecule has 0 bridgehead atoms. The Balaban J connectivity index is 2.19. The maximum atomic E-state index is 12.8. The van der Waals surface area contributed by atoms with Crippen LogP contribution >= 0.6 is 0 Å². The number of benzene rings is 1. The molecule has 0 aliphatic rings. The molecule has 0 saturated heterocycles. The van der Waals surface area contributed by atoms with Gasteiger partial charge in [0.05, 0.1) is 6.07 Å². The maximum absolute atomic E-state index is 12.8. The second-order valence-corrected chi connectivity index (χ2v) is 4.14. The van der Waals surface area contributed by atoms with E-state index >= 15 is 0 Å². The summed E-state index contributed by atoms with van der Waals surface area (Å²) < 4.78 is 19.3. The Labute approximate surface area is 103 Å². The Bertz CT molecular complexity index is 716. The fourth-order valence-corrected chi connectivity index (χ4v) is 1.88. The zero-order valence-corrected chi connectivity index (χ0v) is 9.68. The van der Waals surface area contributed by atoms with Crippen molar-refractivity contribution in [3.63, 3.8) is 0 Å². The lowest BCUT2D eigenvalue weighted by Gasteiger charge is -1.98. The molecule has 90 valence electrons. The quantitative estimate of drug-likeness (QED) is 0.486. The van der Waals surface area contributed by atoms with E-state index in [-0.39, 0.29) is 5.82 Å². The highest BCUT2D eigenvalue weighted by Crippen LogP contribution is 2.26. The lowest BCUT2D eigenvalue weighted by atomic mass is 10.2. The zero-order chi connectivity index (χ0) is 12.7. The van der Waals surface area contributed by atoms with E-state index in [9.17, 15) is 9.60 Å². The number of pyridine rings is 1. The number of nitrogens with zero attached hydrogens (tertiary/aromatic N) is 1. The summed E-state index contributed by atoms with van der Waals surface area (Å²) in [5.41, 5.74) is 2.35. The van der Waals surface area contributed by atoms with Crippen LogP contribution in [-0.4, -0.2) is 0 Å². The minimum absolute atomic E-state index is 0.301. The second-order valence-electron chi connectivity index (χ2n) is 4.14. The van der Waals surface area contributed by atoms with Crippen molar-refractivity contribution in [2.45, 2.75) is 6.92 Å². The smallest absolute Gasteiger partial charge is 0.263 e. The van der Waals surface area contributed by atoms with E-state index in [1.54, 1.807) is 37.3 Å². The molecule has 18 heavy (non-hydrogen) atoms. The van der Waals surface area contributed by atoms with Gasteiger partial charge in [-0.1, -0.05) is 0 Å². The normalized spacial score (nSPS) is 11.0. The van der Waals surface area contributed by atoms with Crippen molar-refractivity contribution in [2.24, 2.45) is 0 Å². The first-order valence-corrected chi connectivity index (χ1v) is 5.54. The summed E-state index contributed by atoms with van der Waals surface area (Å²) in [6.07, 6.45) is 0. The van der Waals surface area contributed by atoms with Gasteiger partial charge in [0.15, 0.2) is 11.3 Å². The number of aryl methyl sites for hydroxylation is 1. The molecule has 0 atom stereocenters. The minimum Gasteiger partial charge on any atom is -0.618 e. The Kier molecular flexibility index (Phi) is 2.30. The molecule has 0 amide bonds. The molecule has 1 aromatic carbocycles. The van der Waals surface area contributed by atoms with Crippen LogP contribution in [-0.2, 0) is 0 Å². The molecule has 4 heteroatoms. The molecular formula is C14H10FNO2. The molecule has 0 radical (unpaired) electrons. The first kappa shape index (κ1) is 10.8. The third kappa shape index (κ3) is 1.62.